The molecule has 9 aromatic rings. The lowest BCUT2D eigenvalue weighted by molar-refractivity contribution is -0.137. The summed E-state index contributed by atoms with van der Waals surface area (Å²) in [4.78, 5) is 13.5. The number of alkyl halides is 3. The smallest absolute Gasteiger partial charge is 0.417 e. The number of aryl methyl sites for hydroxylation is 12. The van der Waals surface area contributed by atoms with Gasteiger partial charge in [-0.2, -0.15) is 13.2 Å². The lowest BCUT2D eigenvalue weighted by Gasteiger charge is -2.14. The summed E-state index contributed by atoms with van der Waals surface area (Å²) in [6.07, 6.45) is -0.371. The number of allylic oxidation sites excluding steroid dienone is 2. The van der Waals surface area contributed by atoms with Crippen LogP contribution >= 0.6 is 164 Å². The number of furan rings is 1. The van der Waals surface area contributed by atoms with Crippen LogP contribution in [0.15, 0.2) is 129 Å². The Kier molecular flexibility index (Phi) is 37.7. The van der Waals surface area contributed by atoms with Crippen LogP contribution in [0.1, 0.15) is 80.2 Å². The zero-order valence-corrected chi connectivity index (χ0v) is 57.5. The van der Waals surface area contributed by atoms with Crippen LogP contribution in [0.2, 0.25) is 5.02 Å². The highest BCUT2D eigenvalue weighted by Crippen LogP contribution is 2.34. The molecule has 19 heteroatoms. The van der Waals surface area contributed by atoms with Crippen LogP contribution in [0.3, 0.4) is 0 Å². The second kappa shape index (κ2) is 39.7. The average Bonchev–Trinajstić information content (AvgIpc) is 4.25. The van der Waals surface area contributed by atoms with Gasteiger partial charge in [-0.05, 0) is 245 Å². The molecule has 0 saturated heterocycles. The van der Waals surface area contributed by atoms with Crippen molar-refractivity contribution in [2.45, 2.75) is 108 Å². The van der Waals surface area contributed by atoms with E-state index in [9.17, 15) is 17.6 Å². The fourth-order valence-corrected chi connectivity index (χ4v) is 13.4. The Hall–Kier alpha value is -1.66. The maximum absolute atomic E-state index is 12.1. The fourth-order valence-electron chi connectivity index (χ4n) is 4.90. The summed E-state index contributed by atoms with van der Waals surface area (Å²) in [7, 11) is 0. The fraction of sp³-hybridized carbons (Fsp3) is 0.321. The van der Waals surface area contributed by atoms with Gasteiger partial charge in [-0.1, -0.05) is 17.7 Å². The average molecular weight is 1410 g/mol. The molecule has 0 saturated carbocycles. The van der Waals surface area contributed by atoms with Gasteiger partial charge in [-0.3, -0.25) is 0 Å². The van der Waals surface area contributed by atoms with Crippen LogP contribution in [0.5, 0.6) is 0 Å². The third-order valence-electron chi connectivity index (χ3n) is 9.66. The molecule has 9 aromatic heterocycles. The first kappa shape index (κ1) is 71.4. The Morgan fingerprint density at radius 1 is 0.600 bits per heavy atom. The Morgan fingerprint density at radius 2 is 1.17 bits per heavy atom. The first-order valence-electron chi connectivity index (χ1n) is 22.7. The second-order valence-corrected chi connectivity index (χ2v) is 29.4. The van der Waals surface area contributed by atoms with Crippen LogP contribution in [-0.4, -0.2) is 18.6 Å². The van der Waals surface area contributed by atoms with E-state index >= 15 is 0 Å². The maximum atomic E-state index is 12.1. The van der Waals surface area contributed by atoms with Crippen molar-refractivity contribution < 1.29 is 26.7 Å². The van der Waals surface area contributed by atoms with Gasteiger partial charge in [-0.15, -0.1) is 114 Å². The molecule has 75 heavy (non-hydrogen) atoms. The van der Waals surface area contributed by atoms with Gasteiger partial charge in [0, 0.05) is 67.5 Å². The predicted octanol–water partition coefficient (Wildman–Crippen LogP) is 24.9. The van der Waals surface area contributed by atoms with Crippen molar-refractivity contribution >= 4 is 164 Å². The van der Waals surface area contributed by atoms with Gasteiger partial charge in [0.1, 0.15) is 17.3 Å². The van der Waals surface area contributed by atoms with E-state index in [1.807, 2.05) is 91.4 Å². The molecule has 0 aliphatic carbocycles. The number of ether oxygens (including phenoxy) is 1. The normalized spacial score (nSPS) is 11.0. The first-order chi connectivity index (χ1) is 35.3. The maximum Gasteiger partial charge on any atom is 0.417 e. The summed E-state index contributed by atoms with van der Waals surface area (Å²) in [6, 6.07) is 19.1. The molecule has 10 heterocycles. The van der Waals surface area contributed by atoms with Crippen molar-refractivity contribution in [1.29, 1.82) is 0 Å². The molecule has 0 aromatic carbocycles. The minimum atomic E-state index is -4.18. The third-order valence-corrected chi connectivity index (χ3v) is 21.9. The predicted molar refractivity (Wildman–Crippen MR) is 349 cm³/mol. The minimum Gasteiger partial charge on any atom is -0.497 e. The lowest BCUT2D eigenvalue weighted by atomic mass is 10.3. The molecule has 0 fully saturated rings. The Balaban J connectivity index is 0.000000418. The molecular formula is C56H67BrClF4IO2S10. The third kappa shape index (κ3) is 31.7. The molecule has 0 atom stereocenters. The molecule has 0 amide bonds. The topological polar surface area (TPSA) is 22.4 Å². The molecule has 0 spiro atoms. The van der Waals surface area contributed by atoms with Crippen LogP contribution in [0.25, 0.3) is 0 Å². The standard InChI is InChI=1S/C7H10S.C6H5F3S.C6H10OS.C6H8O.C6H8S2.C5H5BrS.C5H5ClS.C5H5FS.C5H5IS.C5H6S/c1-5-4-6(2)8-7(5)3;1-4-5(2-3-10-4)6(7,8)9;1-5-6(2)8-4-3-7-5;1-5-3-4-7-6(5)2;1-5-6(7-2)3-4-8-5;4*1-4-5(6)2-3-7-4;1-5-3-2-4-6-5/h4H,1-3H3;2-3H,1H3;3-4H2,1-2H3;3-4H,1-2H3;3-4H,1-2H3;4*2-3H,1H3;2-4H,1H3. The monoisotopic (exact) mass is 1410 g/mol. The van der Waals surface area contributed by atoms with Crippen molar-refractivity contribution in [3.05, 3.63) is 200 Å². The van der Waals surface area contributed by atoms with Crippen molar-refractivity contribution in [3.8, 4) is 0 Å². The summed E-state index contributed by atoms with van der Waals surface area (Å²) in [5.74, 6) is 3.13. The molecule has 10 rings (SSSR count). The van der Waals surface area contributed by atoms with E-state index in [4.69, 9.17) is 20.8 Å². The number of thiophene rings is 8. The summed E-state index contributed by atoms with van der Waals surface area (Å²) >= 11 is 28.3. The molecule has 0 N–H and O–H groups in total. The van der Waals surface area contributed by atoms with Gasteiger partial charge in [0.05, 0.1) is 23.5 Å². The molecule has 0 radical (unpaired) electrons. The highest BCUT2D eigenvalue weighted by molar-refractivity contribution is 14.1. The second-order valence-electron chi connectivity index (χ2n) is 15.5. The summed E-state index contributed by atoms with van der Waals surface area (Å²) in [5, 5.41) is 14.4. The summed E-state index contributed by atoms with van der Waals surface area (Å²) < 4.78 is 60.6. The van der Waals surface area contributed by atoms with Crippen LogP contribution < -0.4 is 0 Å². The molecule has 1 aliphatic rings. The van der Waals surface area contributed by atoms with Crippen molar-refractivity contribution in [2.24, 2.45) is 0 Å². The molecular weight excluding hydrogens is 1340 g/mol. The zero-order chi connectivity index (χ0) is 56.7. The van der Waals surface area contributed by atoms with Crippen LogP contribution in [0, 0.1) is 92.5 Å². The van der Waals surface area contributed by atoms with Crippen molar-refractivity contribution in [2.75, 3.05) is 18.6 Å². The van der Waals surface area contributed by atoms with Gasteiger partial charge in [0.2, 0.25) is 0 Å². The van der Waals surface area contributed by atoms with Crippen LogP contribution in [-0.2, 0) is 10.9 Å². The van der Waals surface area contributed by atoms with E-state index in [1.54, 1.807) is 63.9 Å². The van der Waals surface area contributed by atoms with Crippen molar-refractivity contribution in [1.82, 2.24) is 0 Å². The first-order valence-corrected chi connectivity index (χ1v) is 34.2. The molecule has 0 unspecified atom stereocenters. The Labute approximate surface area is 512 Å². The Morgan fingerprint density at radius 3 is 1.36 bits per heavy atom. The van der Waals surface area contributed by atoms with E-state index in [2.05, 4.69) is 158 Å². The summed E-state index contributed by atoms with van der Waals surface area (Å²) in [5.41, 5.74) is 2.13. The van der Waals surface area contributed by atoms with Gasteiger partial charge >= 0.3 is 6.18 Å². The van der Waals surface area contributed by atoms with E-state index in [1.165, 1.54) is 92.8 Å². The molecule has 2 nitrogen and oxygen atoms in total. The van der Waals surface area contributed by atoms with Crippen LogP contribution in [0.4, 0.5) is 17.6 Å². The van der Waals surface area contributed by atoms with Gasteiger partial charge in [0.15, 0.2) is 0 Å². The minimum absolute atomic E-state index is 0.0926. The Bertz CT molecular complexity index is 2550. The zero-order valence-electron chi connectivity index (χ0n) is 44.9. The number of halogens is 7. The number of rotatable bonds is 1. The summed E-state index contributed by atoms with van der Waals surface area (Å²) in [6.45, 7) is 29.1. The van der Waals surface area contributed by atoms with E-state index in [0.717, 1.165) is 51.2 Å². The van der Waals surface area contributed by atoms with Gasteiger partial charge < -0.3 is 9.15 Å². The largest absolute Gasteiger partial charge is 0.497 e. The molecule has 0 bridgehead atoms. The number of hydrogen-bond acceptors (Lipinski definition) is 12. The van der Waals surface area contributed by atoms with Gasteiger partial charge in [0.25, 0.3) is 0 Å². The molecule has 412 valence electrons. The molecule has 1 aliphatic heterocycles. The van der Waals surface area contributed by atoms with E-state index in [-0.39, 0.29) is 5.82 Å². The highest BCUT2D eigenvalue weighted by Gasteiger charge is 2.32. The lowest BCUT2D eigenvalue weighted by Crippen LogP contribution is -2.03. The number of hydrogen-bond donors (Lipinski definition) is 0. The highest BCUT2D eigenvalue weighted by atomic mass is 127. The van der Waals surface area contributed by atoms with E-state index < -0.39 is 11.7 Å². The quantitative estimate of drug-likeness (QED) is 0.0928. The number of thioether (sulfide) groups is 2. The van der Waals surface area contributed by atoms with Gasteiger partial charge in [-0.25, -0.2) is 4.39 Å². The van der Waals surface area contributed by atoms with E-state index in [0.29, 0.717) is 4.88 Å². The van der Waals surface area contributed by atoms with Crippen molar-refractivity contribution in [3.63, 3.8) is 0 Å². The SMILES string of the molecule is CC1=C(C)SCCO1.CSc1ccsc1C.Cc1cc(C)c(C)s1.Cc1cccs1.Cc1ccoc1C.Cc1sccc1Br.Cc1sccc1C(F)(F)F.Cc1sccc1Cl.Cc1sccc1F.Cc1sccc1I.